The van der Waals surface area contributed by atoms with Crippen molar-refractivity contribution in [1.29, 1.82) is 0 Å². The van der Waals surface area contributed by atoms with E-state index in [0.717, 1.165) is 11.9 Å². The van der Waals surface area contributed by atoms with E-state index < -0.39 is 9.84 Å². The summed E-state index contributed by atoms with van der Waals surface area (Å²) in [6.45, 7) is 4.18. The summed E-state index contributed by atoms with van der Waals surface area (Å²) in [5.74, 6) is -0.313. The Balaban J connectivity index is 1.79. The van der Waals surface area contributed by atoms with Gasteiger partial charge >= 0.3 is 0 Å². The maximum absolute atomic E-state index is 12.7. The molecule has 0 bridgehead atoms. The quantitative estimate of drug-likeness (QED) is 0.847. The van der Waals surface area contributed by atoms with Gasteiger partial charge in [-0.15, -0.1) is 0 Å². The van der Waals surface area contributed by atoms with E-state index in [9.17, 15) is 18.0 Å². The van der Waals surface area contributed by atoms with E-state index in [4.69, 9.17) is 0 Å². The molecular weight excluding hydrogens is 378 g/mol. The number of amides is 2. The second-order valence-corrected chi connectivity index (χ2v) is 8.78. The highest BCUT2D eigenvalue weighted by atomic mass is 32.2. The van der Waals surface area contributed by atoms with Gasteiger partial charge in [-0.2, -0.15) is 0 Å². The number of sulfone groups is 1. The Morgan fingerprint density at radius 1 is 0.964 bits per heavy atom. The van der Waals surface area contributed by atoms with Gasteiger partial charge in [0, 0.05) is 44.9 Å². The third-order valence-corrected chi connectivity index (χ3v) is 5.85. The highest BCUT2D eigenvalue weighted by molar-refractivity contribution is 7.90. The Kier molecular flexibility index (Phi) is 5.69. The van der Waals surface area contributed by atoms with Gasteiger partial charge in [-0.1, -0.05) is 18.2 Å². The van der Waals surface area contributed by atoms with Gasteiger partial charge in [0.1, 0.15) is 0 Å². The Morgan fingerprint density at radius 3 is 2.29 bits per heavy atom. The lowest BCUT2D eigenvalue weighted by molar-refractivity contribution is -0.129. The highest BCUT2D eigenvalue weighted by Crippen LogP contribution is 2.27. The zero-order valence-electron chi connectivity index (χ0n) is 15.9. The number of nitrogens with one attached hydrogen (secondary N) is 1. The molecule has 8 heteroatoms. The molecule has 1 saturated heterocycles. The first kappa shape index (κ1) is 19.9. The summed E-state index contributed by atoms with van der Waals surface area (Å²) in [6.07, 6.45) is 1.11. The topological polar surface area (TPSA) is 86.8 Å². The SMILES string of the molecule is CC(=O)N1CCN(c2ccccc2NC(=O)c2cccc(S(C)(=O)=O)c2)CC1. The molecule has 148 valence electrons. The van der Waals surface area contributed by atoms with Crippen molar-refractivity contribution in [3.8, 4) is 0 Å². The zero-order chi connectivity index (χ0) is 20.3. The van der Waals surface area contributed by atoms with Crippen LogP contribution in [0.25, 0.3) is 0 Å². The fourth-order valence-electron chi connectivity index (χ4n) is 3.18. The van der Waals surface area contributed by atoms with Crippen molar-refractivity contribution in [3.05, 3.63) is 54.1 Å². The highest BCUT2D eigenvalue weighted by Gasteiger charge is 2.21. The van der Waals surface area contributed by atoms with Gasteiger partial charge in [-0.25, -0.2) is 8.42 Å². The predicted octanol–water partition coefficient (Wildman–Crippen LogP) is 2.01. The normalized spacial score (nSPS) is 14.6. The van der Waals surface area contributed by atoms with Crippen molar-refractivity contribution in [1.82, 2.24) is 4.90 Å². The Labute approximate surface area is 164 Å². The molecule has 1 N–H and O–H groups in total. The molecule has 2 aromatic carbocycles. The molecule has 28 heavy (non-hydrogen) atoms. The van der Waals surface area contributed by atoms with Gasteiger partial charge in [0.2, 0.25) is 5.91 Å². The molecular formula is C20H23N3O4S. The van der Waals surface area contributed by atoms with Crippen LogP contribution in [0.15, 0.2) is 53.4 Å². The monoisotopic (exact) mass is 401 g/mol. The molecule has 0 aromatic heterocycles. The number of rotatable bonds is 4. The van der Waals surface area contributed by atoms with Crippen molar-refractivity contribution < 1.29 is 18.0 Å². The van der Waals surface area contributed by atoms with E-state index in [-0.39, 0.29) is 22.3 Å². The lowest BCUT2D eigenvalue weighted by Gasteiger charge is -2.36. The van der Waals surface area contributed by atoms with Gasteiger partial charge in [0.15, 0.2) is 9.84 Å². The average molecular weight is 401 g/mol. The number of nitrogens with zero attached hydrogens (tertiary/aromatic N) is 2. The minimum Gasteiger partial charge on any atom is -0.366 e. The van der Waals surface area contributed by atoms with E-state index in [1.54, 1.807) is 24.0 Å². The van der Waals surface area contributed by atoms with Crippen LogP contribution < -0.4 is 10.2 Å². The van der Waals surface area contributed by atoms with Crippen molar-refractivity contribution >= 4 is 33.0 Å². The number of carbonyl (C=O) groups is 2. The van der Waals surface area contributed by atoms with E-state index in [2.05, 4.69) is 10.2 Å². The molecule has 1 aliphatic heterocycles. The van der Waals surface area contributed by atoms with E-state index in [0.29, 0.717) is 31.9 Å². The third-order valence-electron chi connectivity index (χ3n) is 4.74. The Morgan fingerprint density at radius 2 is 1.64 bits per heavy atom. The first-order valence-electron chi connectivity index (χ1n) is 8.96. The summed E-state index contributed by atoms with van der Waals surface area (Å²) in [4.78, 5) is 28.2. The second-order valence-electron chi connectivity index (χ2n) is 6.76. The van der Waals surface area contributed by atoms with Gasteiger partial charge in [-0.3, -0.25) is 9.59 Å². The summed E-state index contributed by atoms with van der Waals surface area (Å²) in [6, 6.07) is 13.4. The van der Waals surface area contributed by atoms with Crippen LogP contribution in [0, 0.1) is 0 Å². The molecule has 1 heterocycles. The molecule has 1 fully saturated rings. The Bertz CT molecular complexity index is 996. The summed E-state index contributed by atoms with van der Waals surface area (Å²) in [5.41, 5.74) is 1.80. The van der Waals surface area contributed by atoms with Gasteiger partial charge in [0.05, 0.1) is 16.3 Å². The smallest absolute Gasteiger partial charge is 0.255 e. The zero-order valence-corrected chi connectivity index (χ0v) is 16.7. The van der Waals surface area contributed by atoms with Gasteiger partial charge < -0.3 is 15.1 Å². The van der Waals surface area contributed by atoms with Crippen LogP contribution in [0.5, 0.6) is 0 Å². The van der Waals surface area contributed by atoms with Crippen LogP contribution in [0.1, 0.15) is 17.3 Å². The molecule has 0 aliphatic carbocycles. The third kappa shape index (κ3) is 4.51. The second kappa shape index (κ2) is 8.02. The lowest BCUT2D eigenvalue weighted by atomic mass is 10.1. The van der Waals surface area contributed by atoms with E-state index in [1.807, 2.05) is 24.3 Å². The maximum atomic E-state index is 12.7. The van der Waals surface area contributed by atoms with Crippen molar-refractivity contribution in [2.45, 2.75) is 11.8 Å². The molecule has 0 spiro atoms. The van der Waals surface area contributed by atoms with Crippen LogP contribution in [0.3, 0.4) is 0 Å². The van der Waals surface area contributed by atoms with Gasteiger partial charge in [-0.05, 0) is 30.3 Å². The molecule has 0 saturated carbocycles. The standard InChI is InChI=1S/C20H23N3O4S/c1-15(24)22-10-12-23(13-11-22)19-9-4-3-8-18(19)21-20(25)16-6-5-7-17(14-16)28(2,26)27/h3-9,14H,10-13H2,1-2H3,(H,21,25). The summed E-state index contributed by atoms with van der Waals surface area (Å²) in [5, 5.41) is 2.88. The van der Waals surface area contributed by atoms with Crippen LogP contribution in [0.2, 0.25) is 0 Å². The predicted molar refractivity (Wildman–Crippen MR) is 108 cm³/mol. The first-order chi connectivity index (χ1) is 13.3. The van der Waals surface area contributed by atoms with Crippen LogP contribution >= 0.6 is 0 Å². The van der Waals surface area contributed by atoms with Crippen molar-refractivity contribution in [2.24, 2.45) is 0 Å². The summed E-state index contributed by atoms with van der Waals surface area (Å²) < 4.78 is 23.5. The number of hydrogen-bond donors (Lipinski definition) is 1. The van der Waals surface area contributed by atoms with Crippen molar-refractivity contribution in [3.63, 3.8) is 0 Å². The first-order valence-corrected chi connectivity index (χ1v) is 10.9. The number of para-hydroxylation sites is 2. The average Bonchev–Trinajstić information content (AvgIpc) is 2.68. The fourth-order valence-corrected chi connectivity index (χ4v) is 3.85. The molecule has 0 unspecified atom stereocenters. The molecule has 7 nitrogen and oxygen atoms in total. The molecule has 2 amide bonds. The largest absolute Gasteiger partial charge is 0.366 e. The minimum absolute atomic E-state index is 0.0620. The van der Waals surface area contributed by atoms with Gasteiger partial charge in [0.25, 0.3) is 5.91 Å². The summed E-state index contributed by atoms with van der Waals surface area (Å²) in [7, 11) is -3.39. The maximum Gasteiger partial charge on any atom is 0.255 e. The Hall–Kier alpha value is -2.87. The molecule has 3 rings (SSSR count). The molecule has 1 aliphatic rings. The summed E-state index contributed by atoms with van der Waals surface area (Å²) >= 11 is 0. The lowest BCUT2D eigenvalue weighted by Crippen LogP contribution is -2.48. The number of hydrogen-bond acceptors (Lipinski definition) is 5. The number of anilines is 2. The molecule has 0 atom stereocenters. The molecule has 0 radical (unpaired) electrons. The van der Waals surface area contributed by atoms with E-state index in [1.165, 1.54) is 12.1 Å². The van der Waals surface area contributed by atoms with Crippen molar-refractivity contribution in [2.75, 3.05) is 42.7 Å². The molecule has 2 aromatic rings. The van der Waals surface area contributed by atoms with Crippen LogP contribution in [0.4, 0.5) is 11.4 Å². The van der Waals surface area contributed by atoms with E-state index >= 15 is 0 Å². The minimum atomic E-state index is -3.39. The fraction of sp³-hybridized carbons (Fsp3) is 0.300. The number of benzene rings is 2. The van der Waals surface area contributed by atoms with Crippen LogP contribution in [-0.4, -0.2) is 57.6 Å². The number of carbonyl (C=O) groups excluding carboxylic acids is 2. The van der Waals surface area contributed by atoms with Crippen LogP contribution in [-0.2, 0) is 14.6 Å². The number of piperazine rings is 1.